The van der Waals surface area contributed by atoms with E-state index < -0.39 is 72.8 Å². The number of benzene rings is 1. The Hall–Kier alpha value is -5.23. The highest BCUT2D eigenvalue weighted by molar-refractivity contribution is 5.95. The number of carboxylic acids is 1. The summed E-state index contributed by atoms with van der Waals surface area (Å²) in [6.07, 6.45) is 11.0. The van der Waals surface area contributed by atoms with E-state index in [-0.39, 0.29) is 18.8 Å². The van der Waals surface area contributed by atoms with Gasteiger partial charge in [0.15, 0.2) is 18.8 Å². The molecule has 0 spiro atoms. The molecule has 3 atom stereocenters. The third kappa shape index (κ3) is 20.3. The molecule has 1 rings (SSSR count). The molecule has 58 heavy (non-hydrogen) atoms. The van der Waals surface area contributed by atoms with E-state index in [1.165, 1.54) is 45.6 Å². The van der Waals surface area contributed by atoms with Gasteiger partial charge in [0.05, 0.1) is 12.3 Å². The van der Waals surface area contributed by atoms with E-state index in [0.717, 1.165) is 55.9 Å². The number of Topliss-reactive ketones (excluding diaryl/α,β-unsaturated/α-hetero) is 1. The third-order valence-electron chi connectivity index (χ3n) is 9.19. The van der Waals surface area contributed by atoms with Gasteiger partial charge in [-0.25, -0.2) is 9.59 Å². The van der Waals surface area contributed by atoms with Crippen LogP contribution in [0.2, 0.25) is 0 Å². The van der Waals surface area contributed by atoms with E-state index in [1.54, 1.807) is 31.2 Å². The summed E-state index contributed by atoms with van der Waals surface area (Å²) in [6.45, 7) is 2.60. The van der Waals surface area contributed by atoms with Gasteiger partial charge >= 0.3 is 17.9 Å². The van der Waals surface area contributed by atoms with Crippen LogP contribution in [0.1, 0.15) is 103 Å². The molecule has 322 valence electrons. The Kier molecular flexibility index (Phi) is 24.7. The molecule has 0 saturated heterocycles. The van der Waals surface area contributed by atoms with Crippen molar-refractivity contribution in [2.24, 2.45) is 5.92 Å². The number of allylic oxidation sites excluding steroid dienone is 1. The number of carbonyl (C=O) groups excluding carboxylic acids is 6. The van der Waals surface area contributed by atoms with Crippen molar-refractivity contribution in [3.05, 3.63) is 42.0 Å². The van der Waals surface area contributed by atoms with Crippen molar-refractivity contribution >= 4 is 41.4 Å². The molecule has 0 radical (unpaired) electrons. The molecule has 0 aliphatic rings. The first-order chi connectivity index (χ1) is 27.5. The zero-order valence-corrected chi connectivity index (χ0v) is 35.0. The predicted octanol–water partition coefficient (Wildman–Crippen LogP) is 4.03. The van der Waals surface area contributed by atoms with Crippen LogP contribution in [0.4, 0.5) is 0 Å². The molecule has 0 saturated carbocycles. The topological polar surface area (TPSA) is 206 Å². The first-order valence-electron chi connectivity index (χ1n) is 19.8. The van der Waals surface area contributed by atoms with Crippen LogP contribution >= 0.6 is 0 Å². The maximum absolute atomic E-state index is 14.0. The number of nitrogens with zero attached hydrogens (tertiary/aromatic N) is 2. The molecule has 0 heterocycles. The lowest BCUT2D eigenvalue weighted by Crippen LogP contribution is -2.56. The average Bonchev–Trinajstić information content (AvgIpc) is 3.18. The minimum Gasteiger partial charge on any atom is -0.481 e. The lowest BCUT2D eigenvalue weighted by atomic mass is 9.82. The Morgan fingerprint density at radius 2 is 1.40 bits per heavy atom. The zero-order valence-electron chi connectivity index (χ0n) is 35.0. The number of ketones is 1. The van der Waals surface area contributed by atoms with Crippen LogP contribution in [0, 0.1) is 17.8 Å². The summed E-state index contributed by atoms with van der Waals surface area (Å²) in [5.41, 5.74) is -2.55. The molecular formula is C43H63N3O12. The van der Waals surface area contributed by atoms with Gasteiger partial charge in [-0.15, -0.1) is 5.92 Å². The summed E-state index contributed by atoms with van der Waals surface area (Å²) >= 11 is 0. The number of carbonyl (C=O) groups is 7. The molecule has 0 bridgehead atoms. The number of aliphatic carboxylic acids is 1. The second-order valence-corrected chi connectivity index (χ2v) is 14.4. The Balaban J connectivity index is 3.27. The molecule has 15 nitrogen and oxygen atoms in total. The van der Waals surface area contributed by atoms with E-state index in [1.807, 2.05) is 0 Å². The van der Waals surface area contributed by atoms with Crippen molar-refractivity contribution in [2.45, 2.75) is 115 Å². The van der Waals surface area contributed by atoms with Crippen LogP contribution in [0.5, 0.6) is 5.75 Å². The summed E-state index contributed by atoms with van der Waals surface area (Å²) < 4.78 is 15.7. The molecule has 1 aromatic rings. The minimum atomic E-state index is -3.08. The number of rotatable bonds is 29. The van der Waals surface area contributed by atoms with Crippen LogP contribution in [-0.4, -0.2) is 121 Å². The maximum Gasteiger partial charge on any atom is 0.337 e. The number of aliphatic hydroxyl groups is 1. The van der Waals surface area contributed by atoms with Gasteiger partial charge in [0, 0.05) is 47.5 Å². The monoisotopic (exact) mass is 813 g/mol. The molecule has 0 aromatic heterocycles. The van der Waals surface area contributed by atoms with Crippen molar-refractivity contribution in [1.82, 2.24) is 15.1 Å². The third-order valence-corrected chi connectivity index (χ3v) is 9.19. The Labute approximate surface area is 342 Å². The molecule has 3 amide bonds. The number of likely N-dealkylation sites (N-methyl/N-ethyl adjacent to an activating group) is 2. The number of carboxylic acid groups (broad SMARTS) is 1. The Morgan fingerprint density at radius 3 is 1.95 bits per heavy atom. The minimum absolute atomic E-state index is 0.155. The molecule has 0 unspecified atom stereocenters. The normalized spacial score (nSPS) is 12.9. The van der Waals surface area contributed by atoms with E-state index >= 15 is 0 Å². The number of esters is 2. The molecule has 0 aliphatic carbocycles. The van der Waals surface area contributed by atoms with Gasteiger partial charge in [-0.3, -0.25) is 24.0 Å². The van der Waals surface area contributed by atoms with Crippen LogP contribution < -0.4 is 10.1 Å². The molecule has 0 fully saturated rings. The van der Waals surface area contributed by atoms with E-state index in [9.17, 15) is 43.8 Å². The number of hydrogen-bond donors (Lipinski definition) is 3. The lowest BCUT2D eigenvalue weighted by Gasteiger charge is -2.30. The van der Waals surface area contributed by atoms with Crippen LogP contribution in [0.15, 0.2) is 36.4 Å². The standard InChI is InChI=1S/C43H63N3O12/c1-7-9-11-14-17-20-33(47)21-18-15-12-13-16-19-22-35(43(55,42(53)54)29-39(50)57-30-37(48)45(3)4)40(51)44-36(41(52)58-31-38(49)46(5)6)28-32-23-25-34(26-24-32)56-27-10-8-2/h19,22-26,35-36,55H,7,9,11-18,20-21,27-31H2,1-6H3,(H,44,51)(H,53,54)/t35-,36+,43+/m1/s1. The number of amides is 3. The van der Waals surface area contributed by atoms with Crippen LogP contribution in [0.25, 0.3) is 0 Å². The van der Waals surface area contributed by atoms with Crippen molar-refractivity contribution in [3.8, 4) is 17.6 Å². The van der Waals surface area contributed by atoms with Gasteiger partial charge in [-0.05, 0) is 50.3 Å². The highest BCUT2D eigenvalue weighted by atomic mass is 16.5. The quantitative estimate of drug-likeness (QED) is 0.0454. The first-order valence-corrected chi connectivity index (χ1v) is 19.8. The van der Waals surface area contributed by atoms with Gasteiger partial charge < -0.3 is 39.5 Å². The van der Waals surface area contributed by atoms with Gasteiger partial charge in [0.25, 0.3) is 11.8 Å². The van der Waals surface area contributed by atoms with Crippen LogP contribution in [0.3, 0.4) is 0 Å². The number of hydrogen-bond acceptors (Lipinski definition) is 11. The van der Waals surface area contributed by atoms with E-state index in [2.05, 4.69) is 24.1 Å². The van der Waals surface area contributed by atoms with Crippen molar-refractivity contribution in [1.29, 1.82) is 0 Å². The number of nitrogens with one attached hydrogen (secondary N) is 1. The fraction of sp³-hybridized carbons (Fsp3) is 0.605. The molecule has 15 heteroatoms. The molecular weight excluding hydrogens is 750 g/mol. The fourth-order valence-electron chi connectivity index (χ4n) is 5.51. The highest BCUT2D eigenvalue weighted by Gasteiger charge is 2.49. The van der Waals surface area contributed by atoms with Gasteiger partial charge in [0.1, 0.15) is 24.2 Å². The largest absolute Gasteiger partial charge is 0.481 e. The highest BCUT2D eigenvalue weighted by Crippen LogP contribution is 2.27. The van der Waals surface area contributed by atoms with Gasteiger partial charge in [-0.2, -0.15) is 0 Å². The van der Waals surface area contributed by atoms with Crippen molar-refractivity contribution < 1.29 is 58.0 Å². The van der Waals surface area contributed by atoms with E-state index in [0.29, 0.717) is 37.0 Å². The number of unbranched alkanes of at least 4 members (excludes halogenated alkanes) is 8. The fourth-order valence-corrected chi connectivity index (χ4v) is 5.51. The summed E-state index contributed by atoms with van der Waals surface area (Å²) in [6, 6.07) is 5.04. The van der Waals surface area contributed by atoms with Crippen molar-refractivity contribution in [3.63, 3.8) is 0 Å². The summed E-state index contributed by atoms with van der Waals surface area (Å²) in [5.74, 6) is -2.18. The summed E-state index contributed by atoms with van der Waals surface area (Å²) in [4.78, 5) is 91.7. The Bertz CT molecular complexity index is 1580. The zero-order chi connectivity index (χ0) is 43.5. The SMILES string of the molecule is CC#CCOc1ccc(C[C@H](NC(=O)[C@@H](C=CCCCCCCC(=O)CCCCCCC)[C@@](O)(CC(=O)OCC(=O)N(C)C)C(=O)O)C(=O)OCC(=O)N(C)C)cc1. The summed E-state index contributed by atoms with van der Waals surface area (Å²) in [7, 11) is 5.78. The lowest BCUT2D eigenvalue weighted by molar-refractivity contribution is -0.174. The maximum atomic E-state index is 14.0. The van der Waals surface area contributed by atoms with Crippen LogP contribution in [-0.2, 0) is 49.5 Å². The molecule has 3 N–H and O–H groups in total. The molecule has 1 aromatic carbocycles. The van der Waals surface area contributed by atoms with Crippen molar-refractivity contribution in [2.75, 3.05) is 48.0 Å². The van der Waals surface area contributed by atoms with E-state index in [4.69, 9.17) is 14.2 Å². The number of ether oxygens (including phenoxy) is 3. The van der Waals surface area contributed by atoms with Gasteiger partial charge in [-0.1, -0.05) is 75.7 Å². The second-order valence-electron chi connectivity index (χ2n) is 14.4. The average molecular weight is 814 g/mol. The summed E-state index contributed by atoms with van der Waals surface area (Å²) in [5, 5.41) is 24.3. The smallest absolute Gasteiger partial charge is 0.337 e. The molecule has 0 aliphatic heterocycles. The predicted molar refractivity (Wildman–Crippen MR) is 216 cm³/mol. The first kappa shape index (κ1) is 50.8. The Morgan fingerprint density at radius 1 is 0.828 bits per heavy atom. The second kappa shape index (κ2) is 28.2. The van der Waals surface area contributed by atoms with Gasteiger partial charge in [0.2, 0.25) is 5.91 Å².